The fourth-order valence-corrected chi connectivity index (χ4v) is 2.15. The van der Waals surface area contributed by atoms with Crippen LogP contribution in [0.15, 0.2) is 29.2 Å². The minimum Gasteiger partial charge on any atom is -0.325 e. The molecule has 0 aliphatic carbocycles. The molecule has 0 unspecified atom stereocenters. The van der Waals surface area contributed by atoms with Crippen LogP contribution in [-0.2, 0) is 14.8 Å². The van der Waals surface area contributed by atoms with Crippen LogP contribution in [0, 0.1) is 0 Å². The molecule has 100 valence electrons. The summed E-state index contributed by atoms with van der Waals surface area (Å²) < 4.78 is 24.9. The molecule has 0 fully saturated rings. The van der Waals surface area contributed by atoms with E-state index in [0.29, 0.717) is 5.69 Å². The minimum atomic E-state index is -3.50. The van der Waals surface area contributed by atoms with Gasteiger partial charge in [0.2, 0.25) is 15.9 Å². The van der Waals surface area contributed by atoms with Crippen LogP contribution in [0.4, 0.5) is 5.69 Å². The predicted octanol–water partition coefficient (Wildman–Crippen LogP) is 0.223. The number of nitrogens with two attached hydrogens (primary N) is 1. The highest BCUT2D eigenvalue weighted by Crippen LogP contribution is 2.17. The number of anilines is 1. The van der Waals surface area contributed by atoms with Crippen LogP contribution in [0.1, 0.15) is 6.92 Å². The average molecular weight is 271 g/mol. The van der Waals surface area contributed by atoms with Gasteiger partial charge >= 0.3 is 0 Å². The quantitative estimate of drug-likeness (QED) is 0.819. The second-order valence-corrected chi connectivity index (χ2v) is 6.25. The summed E-state index contributed by atoms with van der Waals surface area (Å²) in [5, 5.41) is 2.55. The number of benzene rings is 1. The van der Waals surface area contributed by atoms with E-state index in [1.807, 2.05) is 0 Å². The molecule has 0 radical (unpaired) electrons. The van der Waals surface area contributed by atoms with Crippen molar-refractivity contribution < 1.29 is 13.2 Å². The fraction of sp³-hybridized carbons (Fsp3) is 0.364. The van der Waals surface area contributed by atoms with Crippen molar-refractivity contribution in [2.24, 2.45) is 5.73 Å². The number of nitrogens with zero attached hydrogens (tertiary/aromatic N) is 1. The molecule has 1 atom stereocenters. The van der Waals surface area contributed by atoms with Crippen LogP contribution in [0.2, 0.25) is 0 Å². The molecule has 0 aliphatic rings. The smallest absolute Gasteiger partial charge is 0.242 e. The Labute approximate surface area is 107 Å². The van der Waals surface area contributed by atoms with Gasteiger partial charge in [-0.15, -0.1) is 0 Å². The SMILES string of the molecule is C[C@H](N)C(=O)Nc1cccc(S(=O)(=O)N(C)C)c1. The Balaban J connectivity index is 3.04. The van der Waals surface area contributed by atoms with E-state index in [1.165, 1.54) is 26.2 Å². The van der Waals surface area contributed by atoms with Crippen molar-refractivity contribution >= 4 is 21.6 Å². The Bertz CT molecular complexity index is 538. The van der Waals surface area contributed by atoms with Crippen molar-refractivity contribution in [1.29, 1.82) is 0 Å². The summed E-state index contributed by atoms with van der Waals surface area (Å²) in [4.78, 5) is 11.5. The van der Waals surface area contributed by atoms with Gasteiger partial charge in [0.15, 0.2) is 0 Å². The third kappa shape index (κ3) is 3.28. The van der Waals surface area contributed by atoms with Crippen LogP contribution in [0.5, 0.6) is 0 Å². The summed E-state index contributed by atoms with van der Waals surface area (Å²) in [6.07, 6.45) is 0. The Morgan fingerprint density at radius 2 is 2.00 bits per heavy atom. The molecule has 0 heterocycles. The minimum absolute atomic E-state index is 0.120. The van der Waals surface area contributed by atoms with Crippen LogP contribution in [-0.4, -0.2) is 38.8 Å². The third-order valence-electron chi connectivity index (χ3n) is 2.29. The van der Waals surface area contributed by atoms with E-state index < -0.39 is 16.1 Å². The topological polar surface area (TPSA) is 92.5 Å². The van der Waals surface area contributed by atoms with Gasteiger partial charge in [-0.25, -0.2) is 12.7 Å². The highest BCUT2D eigenvalue weighted by atomic mass is 32.2. The van der Waals surface area contributed by atoms with E-state index >= 15 is 0 Å². The maximum absolute atomic E-state index is 11.9. The number of rotatable bonds is 4. The van der Waals surface area contributed by atoms with Crippen LogP contribution < -0.4 is 11.1 Å². The van der Waals surface area contributed by atoms with Crippen molar-refractivity contribution in [3.8, 4) is 0 Å². The zero-order valence-corrected chi connectivity index (χ0v) is 11.4. The standard InChI is InChI=1S/C11H17N3O3S/c1-8(12)11(15)13-9-5-4-6-10(7-9)18(16,17)14(2)3/h4-8H,12H2,1-3H3,(H,13,15)/t8-/m0/s1. The van der Waals surface area contributed by atoms with Gasteiger partial charge < -0.3 is 11.1 Å². The van der Waals surface area contributed by atoms with E-state index in [-0.39, 0.29) is 10.8 Å². The normalized spacial score (nSPS) is 13.4. The zero-order valence-electron chi connectivity index (χ0n) is 10.5. The molecule has 0 bridgehead atoms. The highest BCUT2D eigenvalue weighted by molar-refractivity contribution is 7.89. The summed E-state index contributed by atoms with van der Waals surface area (Å²) >= 11 is 0. The molecule has 1 amide bonds. The summed E-state index contributed by atoms with van der Waals surface area (Å²) in [7, 11) is -0.611. The van der Waals surface area contributed by atoms with E-state index in [1.54, 1.807) is 19.1 Å². The Kier molecular flexibility index (Phi) is 4.44. The van der Waals surface area contributed by atoms with E-state index in [0.717, 1.165) is 4.31 Å². The molecule has 3 N–H and O–H groups in total. The summed E-state index contributed by atoms with van der Waals surface area (Å²) in [6.45, 7) is 1.55. The first-order valence-electron chi connectivity index (χ1n) is 5.34. The maximum Gasteiger partial charge on any atom is 0.242 e. The maximum atomic E-state index is 11.9. The van der Waals surface area contributed by atoms with Gasteiger partial charge in [-0.3, -0.25) is 4.79 Å². The molecule has 0 saturated carbocycles. The molecular formula is C11H17N3O3S. The monoisotopic (exact) mass is 271 g/mol. The second kappa shape index (κ2) is 5.47. The highest BCUT2D eigenvalue weighted by Gasteiger charge is 2.17. The lowest BCUT2D eigenvalue weighted by Gasteiger charge is -2.13. The number of nitrogens with one attached hydrogen (secondary N) is 1. The molecule has 0 saturated heterocycles. The first kappa shape index (κ1) is 14.6. The molecule has 0 aromatic heterocycles. The molecule has 0 spiro atoms. The Morgan fingerprint density at radius 1 is 1.39 bits per heavy atom. The van der Waals surface area contributed by atoms with Gasteiger partial charge in [-0.05, 0) is 25.1 Å². The lowest BCUT2D eigenvalue weighted by atomic mass is 10.3. The predicted molar refractivity (Wildman–Crippen MR) is 69.6 cm³/mol. The number of sulfonamides is 1. The molecule has 0 aliphatic heterocycles. The molecular weight excluding hydrogens is 254 g/mol. The second-order valence-electron chi connectivity index (χ2n) is 4.09. The number of carbonyl (C=O) groups is 1. The largest absolute Gasteiger partial charge is 0.325 e. The van der Waals surface area contributed by atoms with Crippen molar-refractivity contribution in [3.05, 3.63) is 24.3 Å². The van der Waals surface area contributed by atoms with Gasteiger partial charge in [0.1, 0.15) is 0 Å². The van der Waals surface area contributed by atoms with E-state index in [4.69, 9.17) is 5.73 Å². The van der Waals surface area contributed by atoms with Gasteiger partial charge in [0.25, 0.3) is 0 Å². The summed E-state index contributed by atoms with van der Waals surface area (Å²) in [6, 6.07) is 5.38. The molecule has 7 heteroatoms. The fourth-order valence-electron chi connectivity index (χ4n) is 1.20. The number of carbonyl (C=O) groups excluding carboxylic acids is 1. The molecule has 1 rings (SSSR count). The van der Waals surface area contributed by atoms with Crippen molar-refractivity contribution in [3.63, 3.8) is 0 Å². The summed E-state index contributed by atoms with van der Waals surface area (Å²) in [5.41, 5.74) is 5.82. The van der Waals surface area contributed by atoms with Crippen LogP contribution in [0.3, 0.4) is 0 Å². The van der Waals surface area contributed by atoms with Crippen LogP contribution in [0.25, 0.3) is 0 Å². The van der Waals surface area contributed by atoms with Gasteiger partial charge in [0.05, 0.1) is 10.9 Å². The van der Waals surface area contributed by atoms with E-state index in [2.05, 4.69) is 5.32 Å². The van der Waals surface area contributed by atoms with Gasteiger partial charge in [-0.1, -0.05) is 6.07 Å². The van der Waals surface area contributed by atoms with Gasteiger partial charge in [0, 0.05) is 19.8 Å². The lowest BCUT2D eigenvalue weighted by molar-refractivity contribution is -0.117. The number of hydrogen-bond donors (Lipinski definition) is 2. The zero-order chi connectivity index (χ0) is 13.9. The third-order valence-corrected chi connectivity index (χ3v) is 4.10. The average Bonchev–Trinajstić information content (AvgIpc) is 2.28. The van der Waals surface area contributed by atoms with Crippen LogP contribution >= 0.6 is 0 Å². The first-order chi connectivity index (χ1) is 8.25. The van der Waals surface area contributed by atoms with Crippen molar-refractivity contribution in [1.82, 2.24) is 4.31 Å². The molecule has 1 aromatic rings. The van der Waals surface area contributed by atoms with E-state index in [9.17, 15) is 13.2 Å². The Morgan fingerprint density at radius 3 is 2.50 bits per heavy atom. The number of amides is 1. The molecule has 18 heavy (non-hydrogen) atoms. The summed E-state index contributed by atoms with van der Waals surface area (Å²) in [5.74, 6) is -0.366. The molecule has 6 nitrogen and oxygen atoms in total. The molecule has 1 aromatic carbocycles. The lowest BCUT2D eigenvalue weighted by Crippen LogP contribution is -2.32. The number of hydrogen-bond acceptors (Lipinski definition) is 4. The van der Waals surface area contributed by atoms with Crippen molar-refractivity contribution in [2.45, 2.75) is 17.9 Å². The Hall–Kier alpha value is -1.44. The first-order valence-corrected chi connectivity index (χ1v) is 6.78. The van der Waals surface area contributed by atoms with Gasteiger partial charge in [-0.2, -0.15) is 0 Å². The van der Waals surface area contributed by atoms with Crippen molar-refractivity contribution in [2.75, 3.05) is 19.4 Å².